The third-order valence-electron chi connectivity index (χ3n) is 5.36. The monoisotopic (exact) mass is 459 g/mol. The number of likely N-dealkylation sites (N-methyl/N-ethyl adjacent to an activating group) is 1. The summed E-state index contributed by atoms with van der Waals surface area (Å²) < 4.78 is 33.5. The number of thiazole rings is 1. The molecule has 2 aromatic carbocycles. The first-order valence-electron chi connectivity index (χ1n) is 10.1. The molecule has 0 radical (unpaired) electrons. The number of benzene rings is 2. The fourth-order valence-corrected chi connectivity index (χ4v) is 5.96. The van der Waals surface area contributed by atoms with Crippen LogP contribution in [-0.2, 0) is 14.8 Å². The van der Waals surface area contributed by atoms with Crippen LogP contribution in [0.5, 0.6) is 0 Å². The van der Waals surface area contributed by atoms with E-state index in [-0.39, 0.29) is 16.9 Å². The van der Waals surface area contributed by atoms with Crippen molar-refractivity contribution < 1.29 is 17.9 Å². The number of nitrogens with one attached hydrogen (secondary N) is 1. The highest BCUT2D eigenvalue weighted by molar-refractivity contribution is 7.89. The smallest absolute Gasteiger partial charge is 0.257 e. The van der Waals surface area contributed by atoms with Crippen LogP contribution in [0.2, 0.25) is 0 Å². The predicted molar refractivity (Wildman–Crippen MR) is 122 cm³/mol. The van der Waals surface area contributed by atoms with Crippen LogP contribution in [0.1, 0.15) is 34.3 Å². The van der Waals surface area contributed by atoms with Crippen molar-refractivity contribution in [3.63, 3.8) is 0 Å². The number of fused-ring (bicyclic) bond motifs is 1. The SMILES string of the molecule is Cc1cc(C)c2nc(NC(=O)c3ccc(S(=O)(=O)N(C)CC4CCCO4)cc3)sc2c1. The molecule has 9 heteroatoms. The predicted octanol–water partition coefficient (Wildman–Crippen LogP) is 3.96. The van der Waals surface area contributed by atoms with Crippen LogP contribution in [0.4, 0.5) is 5.13 Å². The molecule has 4 rings (SSSR count). The summed E-state index contributed by atoms with van der Waals surface area (Å²) in [6.45, 7) is 5.02. The third-order valence-corrected chi connectivity index (χ3v) is 8.12. The van der Waals surface area contributed by atoms with E-state index in [4.69, 9.17) is 4.74 Å². The Morgan fingerprint density at radius 1 is 1.26 bits per heavy atom. The molecule has 1 N–H and O–H groups in total. The summed E-state index contributed by atoms with van der Waals surface area (Å²) in [5.74, 6) is -0.329. The molecule has 1 aliphatic heterocycles. The molecule has 31 heavy (non-hydrogen) atoms. The van der Waals surface area contributed by atoms with Gasteiger partial charge < -0.3 is 4.74 Å². The number of nitrogens with zero attached hydrogens (tertiary/aromatic N) is 2. The molecule has 7 nitrogen and oxygen atoms in total. The number of sulfonamides is 1. The average molecular weight is 460 g/mol. The Morgan fingerprint density at radius 2 is 2.00 bits per heavy atom. The van der Waals surface area contributed by atoms with E-state index in [2.05, 4.69) is 16.4 Å². The number of aromatic nitrogens is 1. The van der Waals surface area contributed by atoms with Gasteiger partial charge in [-0.15, -0.1) is 0 Å². The largest absolute Gasteiger partial charge is 0.377 e. The molecule has 1 atom stereocenters. The minimum atomic E-state index is -3.64. The molecular formula is C22H25N3O4S2. The minimum absolute atomic E-state index is 0.0638. The molecule has 1 saturated heterocycles. The van der Waals surface area contributed by atoms with Crippen molar-refractivity contribution in [3.05, 3.63) is 53.1 Å². The number of hydrogen-bond donors (Lipinski definition) is 1. The maximum atomic E-state index is 12.8. The van der Waals surface area contributed by atoms with Crippen molar-refractivity contribution in [2.45, 2.75) is 37.7 Å². The van der Waals surface area contributed by atoms with Crippen molar-refractivity contribution >= 4 is 42.6 Å². The average Bonchev–Trinajstić information content (AvgIpc) is 3.37. The van der Waals surface area contributed by atoms with Crippen molar-refractivity contribution in [2.75, 3.05) is 25.5 Å². The van der Waals surface area contributed by atoms with Crippen LogP contribution >= 0.6 is 11.3 Å². The first-order valence-corrected chi connectivity index (χ1v) is 12.4. The molecule has 1 fully saturated rings. The van der Waals surface area contributed by atoms with Crippen molar-refractivity contribution in [1.29, 1.82) is 0 Å². The lowest BCUT2D eigenvalue weighted by atomic mass is 10.1. The van der Waals surface area contributed by atoms with E-state index in [0.717, 1.165) is 34.2 Å². The molecule has 1 amide bonds. The molecule has 0 aliphatic carbocycles. The van der Waals surface area contributed by atoms with Gasteiger partial charge in [0.1, 0.15) is 0 Å². The van der Waals surface area contributed by atoms with Crippen molar-refractivity contribution in [3.8, 4) is 0 Å². The Labute approximate surface area is 186 Å². The first kappa shape index (κ1) is 21.9. The Balaban J connectivity index is 1.47. The number of amides is 1. The minimum Gasteiger partial charge on any atom is -0.377 e. The zero-order valence-electron chi connectivity index (χ0n) is 17.7. The third kappa shape index (κ3) is 4.64. The number of aryl methyl sites for hydroxylation is 2. The summed E-state index contributed by atoms with van der Waals surface area (Å²) in [5, 5.41) is 3.33. The summed E-state index contributed by atoms with van der Waals surface area (Å²) in [6.07, 6.45) is 1.76. The normalized spacial score (nSPS) is 16.8. The van der Waals surface area contributed by atoms with Crippen LogP contribution in [0.25, 0.3) is 10.2 Å². The molecule has 2 heterocycles. The zero-order valence-corrected chi connectivity index (χ0v) is 19.3. The molecule has 1 aliphatic rings. The van der Waals surface area contributed by atoms with E-state index >= 15 is 0 Å². The van der Waals surface area contributed by atoms with Crippen LogP contribution < -0.4 is 5.32 Å². The van der Waals surface area contributed by atoms with Crippen LogP contribution in [-0.4, -0.2) is 49.9 Å². The Morgan fingerprint density at radius 3 is 2.68 bits per heavy atom. The molecule has 0 saturated carbocycles. The summed E-state index contributed by atoms with van der Waals surface area (Å²) >= 11 is 1.42. The Hall–Kier alpha value is -2.33. The number of hydrogen-bond acceptors (Lipinski definition) is 6. The lowest BCUT2D eigenvalue weighted by molar-refractivity contribution is 0.0979. The van der Waals surface area contributed by atoms with E-state index in [1.54, 1.807) is 7.05 Å². The van der Waals surface area contributed by atoms with Gasteiger partial charge in [-0.2, -0.15) is 4.31 Å². The quantitative estimate of drug-likeness (QED) is 0.603. The van der Waals surface area contributed by atoms with E-state index in [1.165, 1.54) is 39.9 Å². The van der Waals surface area contributed by atoms with E-state index < -0.39 is 10.0 Å². The molecule has 3 aromatic rings. The lowest BCUT2D eigenvalue weighted by Gasteiger charge is -2.20. The van der Waals surface area contributed by atoms with Gasteiger partial charge in [-0.25, -0.2) is 13.4 Å². The van der Waals surface area contributed by atoms with Crippen molar-refractivity contribution in [2.24, 2.45) is 0 Å². The second-order valence-corrected chi connectivity index (χ2v) is 10.9. The number of carbonyl (C=O) groups is 1. The van der Waals surface area contributed by atoms with Gasteiger partial charge in [0, 0.05) is 25.8 Å². The van der Waals surface area contributed by atoms with Crippen molar-refractivity contribution in [1.82, 2.24) is 9.29 Å². The molecule has 1 aromatic heterocycles. The van der Waals surface area contributed by atoms with Gasteiger partial charge in [0.2, 0.25) is 10.0 Å². The fourth-order valence-electron chi connectivity index (χ4n) is 3.72. The van der Waals surface area contributed by atoms with Gasteiger partial charge in [-0.05, 0) is 68.1 Å². The maximum Gasteiger partial charge on any atom is 0.257 e. The second-order valence-electron chi connectivity index (χ2n) is 7.85. The number of rotatable bonds is 6. The molecule has 0 bridgehead atoms. The Bertz CT molecular complexity index is 1210. The van der Waals surface area contributed by atoms with E-state index in [1.807, 2.05) is 19.9 Å². The topological polar surface area (TPSA) is 88.6 Å². The molecule has 1 unspecified atom stereocenters. The first-order chi connectivity index (χ1) is 14.7. The van der Waals surface area contributed by atoms with Gasteiger partial charge in [-0.1, -0.05) is 17.4 Å². The molecule has 0 spiro atoms. The molecular weight excluding hydrogens is 434 g/mol. The van der Waals surface area contributed by atoms with Gasteiger partial charge in [0.25, 0.3) is 5.91 Å². The summed E-state index contributed by atoms with van der Waals surface area (Å²) in [6, 6.07) is 10.1. The number of anilines is 1. The lowest BCUT2D eigenvalue weighted by Crippen LogP contribution is -2.34. The van der Waals surface area contributed by atoms with Gasteiger partial charge in [0.05, 0.1) is 21.2 Å². The number of ether oxygens (including phenoxy) is 1. The van der Waals surface area contributed by atoms with E-state index in [9.17, 15) is 13.2 Å². The highest BCUT2D eigenvalue weighted by atomic mass is 32.2. The fraction of sp³-hybridized carbons (Fsp3) is 0.364. The highest BCUT2D eigenvalue weighted by Crippen LogP contribution is 2.29. The van der Waals surface area contributed by atoms with Crippen LogP contribution in [0.15, 0.2) is 41.3 Å². The van der Waals surface area contributed by atoms with Crippen LogP contribution in [0.3, 0.4) is 0 Å². The molecule has 164 valence electrons. The second kappa shape index (κ2) is 8.66. The number of carbonyl (C=O) groups excluding carboxylic acids is 1. The summed E-state index contributed by atoms with van der Waals surface area (Å²) in [4.78, 5) is 17.3. The summed E-state index contributed by atoms with van der Waals surface area (Å²) in [7, 11) is -2.09. The van der Waals surface area contributed by atoms with Crippen LogP contribution in [0, 0.1) is 13.8 Å². The zero-order chi connectivity index (χ0) is 22.2. The van der Waals surface area contributed by atoms with E-state index in [0.29, 0.717) is 23.8 Å². The van der Waals surface area contributed by atoms with Gasteiger partial charge in [-0.3, -0.25) is 10.1 Å². The highest BCUT2D eigenvalue weighted by Gasteiger charge is 2.26. The summed E-state index contributed by atoms with van der Waals surface area (Å²) in [5.41, 5.74) is 3.45. The van der Waals surface area contributed by atoms with Gasteiger partial charge in [0.15, 0.2) is 5.13 Å². The standard InChI is InChI=1S/C22H25N3O4S2/c1-14-11-15(2)20-19(12-14)30-22(23-20)24-21(26)16-6-8-18(9-7-16)31(27,28)25(3)13-17-5-4-10-29-17/h6-9,11-12,17H,4-5,10,13H2,1-3H3,(H,23,24,26). The van der Waals surface area contributed by atoms with Gasteiger partial charge >= 0.3 is 0 Å². The maximum absolute atomic E-state index is 12.8. The Kier molecular flexibility index (Phi) is 6.11.